The van der Waals surface area contributed by atoms with Gasteiger partial charge in [0, 0.05) is 18.3 Å². The maximum Gasteiger partial charge on any atom is 0.274 e. The summed E-state index contributed by atoms with van der Waals surface area (Å²) >= 11 is 0. The average Bonchev–Trinajstić information content (AvgIpc) is 2.80. The summed E-state index contributed by atoms with van der Waals surface area (Å²) in [6.45, 7) is 3.67. The Bertz CT molecular complexity index is 600. The van der Waals surface area contributed by atoms with E-state index in [0.717, 1.165) is 5.75 Å². The van der Waals surface area contributed by atoms with Crippen molar-refractivity contribution in [2.75, 3.05) is 12.4 Å². The normalized spacial score (nSPS) is 10.0. The van der Waals surface area contributed by atoms with Crippen LogP contribution in [-0.4, -0.2) is 22.8 Å². The zero-order chi connectivity index (χ0) is 13.8. The van der Waals surface area contributed by atoms with E-state index in [1.54, 1.807) is 50.7 Å². The lowest BCUT2D eigenvalue weighted by atomic mass is 10.2. The zero-order valence-corrected chi connectivity index (χ0v) is 10.9. The van der Waals surface area contributed by atoms with Crippen molar-refractivity contribution in [3.63, 3.8) is 0 Å². The van der Waals surface area contributed by atoms with Gasteiger partial charge < -0.3 is 10.1 Å². The molecule has 2 rings (SSSR count). The second kappa shape index (κ2) is 5.39. The van der Waals surface area contributed by atoms with E-state index in [9.17, 15) is 4.79 Å². The Morgan fingerprint density at radius 2 is 2.11 bits per heavy atom. The van der Waals surface area contributed by atoms with Crippen LogP contribution >= 0.6 is 0 Å². The van der Waals surface area contributed by atoms with Crippen molar-refractivity contribution < 1.29 is 9.53 Å². The van der Waals surface area contributed by atoms with Gasteiger partial charge in [0.05, 0.1) is 13.3 Å². The van der Waals surface area contributed by atoms with Crippen LogP contribution in [-0.2, 0) is 7.05 Å². The molecule has 1 aromatic heterocycles. The molecule has 1 aromatic carbocycles. The fraction of sp³-hybridized carbons (Fsp3) is 0.143. The highest BCUT2D eigenvalue weighted by atomic mass is 16.5. The predicted molar refractivity (Wildman–Crippen MR) is 74.2 cm³/mol. The molecule has 19 heavy (non-hydrogen) atoms. The van der Waals surface area contributed by atoms with E-state index in [1.165, 1.54) is 4.68 Å². The number of aromatic nitrogens is 2. The maximum absolute atomic E-state index is 12.2. The van der Waals surface area contributed by atoms with Gasteiger partial charge >= 0.3 is 0 Å². The number of nitrogens with zero attached hydrogens (tertiary/aromatic N) is 2. The molecule has 0 fully saturated rings. The van der Waals surface area contributed by atoms with Crippen LogP contribution in [0.25, 0.3) is 6.08 Å². The Morgan fingerprint density at radius 3 is 2.68 bits per heavy atom. The van der Waals surface area contributed by atoms with E-state index in [1.807, 2.05) is 0 Å². The number of rotatable bonds is 4. The van der Waals surface area contributed by atoms with Crippen LogP contribution in [0, 0.1) is 0 Å². The predicted octanol–water partition coefficient (Wildman–Crippen LogP) is 2.32. The number of hydrogen-bond donors (Lipinski definition) is 1. The molecule has 0 atom stereocenters. The van der Waals surface area contributed by atoms with Gasteiger partial charge in [0.15, 0.2) is 0 Å². The third-order valence-electron chi connectivity index (χ3n) is 2.75. The molecule has 2 aromatic rings. The lowest BCUT2D eigenvalue weighted by molar-refractivity contribution is 0.101. The number of carbonyl (C=O) groups is 1. The smallest absolute Gasteiger partial charge is 0.274 e. The molecule has 1 N–H and O–H groups in total. The third kappa shape index (κ3) is 2.65. The Labute approximate surface area is 111 Å². The number of hydrogen-bond acceptors (Lipinski definition) is 3. The highest BCUT2D eigenvalue weighted by molar-refractivity contribution is 6.05. The number of anilines is 1. The summed E-state index contributed by atoms with van der Waals surface area (Å²) in [5, 5.41) is 6.85. The molecule has 0 bridgehead atoms. The standard InChI is InChI=1S/C14H15N3O2/c1-4-10-9-15-17(2)13(10)14(18)16-11-5-7-12(19-3)8-6-11/h4-9H,1H2,2-3H3,(H,16,18). The largest absolute Gasteiger partial charge is 0.497 e. The first-order chi connectivity index (χ1) is 9.15. The third-order valence-corrected chi connectivity index (χ3v) is 2.75. The van der Waals surface area contributed by atoms with Crippen molar-refractivity contribution in [3.8, 4) is 5.75 Å². The summed E-state index contributed by atoms with van der Waals surface area (Å²) < 4.78 is 6.59. The van der Waals surface area contributed by atoms with E-state index in [0.29, 0.717) is 16.9 Å². The quantitative estimate of drug-likeness (QED) is 0.914. The van der Waals surface area contributed by atoms with Crippen molar-refractivity contribution in [3.05, 3.63) is 48.3 Å². The van der Waals surface area contributed by atoms with Crippen LogP contribution in [0.5, 0.6) is 5.75 Å². The molecule has 0 saturated carbocycles. The van der Waals surface area contributed by atoms with E-state index < -0.39 is 0 Å². The summed E-state index contributed by atoms with van der Waals surface area (Å²) in [5.74, 6) is 0.519. The number of amides is 1. The molecule has 98 valence electrons. The minimum absolute atomic E-state index is 0.222. The van der Waals surface area contributed by atoms with Crippen molar-refractivity contribution >= 4 is 17.7 Å². The first-order valence-electron chi connectivity index (χ1n) is 5.75. The molecule has 0 unspecified atom stereocenters. The van der Waals surface area contributed by atoms with Crippen molar-refractivity contribution in [1.82, 2.24) is 9.78 Å². The maximum atomic E-state index is 12.2. The lowest BCUT2D eigenvalue weighted by Gasteiger charge is -2.07. The number of methoxy groups -OCH3 is 1. The number of carbonyl (C=O) groups excluding carboxylic acids is 1. The summed E-state index contributed by atoms with van der Waals surface area (Å²) in [4.78, 5) is 12.2. The average molecular weight is 257 g/mol. The van der Waals surface area contributed by atoms with Gasteiger partial charge in [-0.3, -0.25) is 9.48 Å². The second-order valence-electron chi connectivity index (χ2n) is 3.96. The van der Waals surface area contributed by atoms with Gasteiger partial charge in [0.2, 0.25) is 0 Å². The summed E-state index contributed by atoms with van der Waals surface area (Å²) in [6.07, 6.45) is 3.21. The minimum Gasteiger partial charge on any atom is -0.497 e. The van der Waals surface area contributed by atoms with Crippen molar-refractivity contribution in [1.29, 1.82) is 0 Å². The lowest BCUT2D eigenvalue weighted by Crippen LogP contribution is -2.17. The Balaban J connectivity index is 2.20. The SMILES string of the molecule is C=Cc1cnn(C)c1C(=O)Nc1ccc(OC)cc1. The van der Waals surface area contributed by atoms with Crippen LogP contribution < -0.4 is 10.1 Å². The van der Waals surface area contributed by atoms with Gasteiger partial charge in [0.25, 0.3) is 5.91 Å². The molecule has 1 amide bonds. The highest BCUT2D eigenvalue weighted by Crippen LogP contribution is 2.17. The van der Waals surface area contributed by atoms with Crippen molar-refractivity contribution in [2.24, 2.45) is 7.05 Å². The minimum atomic E-state index is -0.222. The van der Waals surface area contributed by atoms with Crippen LogP contribution in [0.2, 0.25) is 0 Å². The molecule has 0 aliphatic heterocycles. The van der Waals surface area contributed by atoms with E-state index in [4.69, 9.17) is 4.74 Å². The molecular formula is C14H15N3O2. The summed E-state index contributed by atoms with van der Waals surface area (Å²) in [5.41, 5.74) is 1.88. The van der Waals surface area contributed by atoms with Crippen molar-refractivity contribution in [2.45, 2.75) is 0 Å². The van der Waals surface area contributed by atoms with Crippen LogP contribution in [0.3, 0.4) is 0 Å². The molecule has 5 nitrogen and oxygen atoms in total. The van der Waals surface area contributed by atoms with E-state index in [2.05, 4.69) is 17.0 Å². The molecule has 1 heterocycles. The summed E-state index contributed by atoms with van der Waals surface area (Å²) in [7, 11) is 3.32. The molecular weight excluding hydrogens is 242 g/mol. The summed E-state index contributed by atoms with van der Waals surface area (Å²) in [6, 6.07) is 7.13. The molecule has 0 radical (unpaired) electrons. The molecule has 0 aliphatic carbocycles. The van der Waals surface area contributed by atoms with Gasteiger partial charge in [0.1, 0.15) is 11.4 Å². The van der Waals surface area contributed by atoms with Gasteiger partial charge in [-0.2, -0.15) is 5.10 Å². The van der Waals surface area contributed by atoms with E-state index in [-0.39, 0.29) is 5.91 Å². The zero-order valence-electron chi connectivity index (χ0n) is 10.9. The number of ether oxygens (including phenoxy) is 1. The Hall–Kier alpha value is -2.56. The molecule has 0 spiro atoms. The van der Waals surface area contributed by atoms with Gasteiger partial charge in [-0.15, -0.1) is 0 Å². The van der Waals surface area contributed by atoms with E-state index >= 15 is 0 Å². The monoisotopic (exact) mass is 257 g/mol. The van der Waals surface area contributed by atoms with Gasteiger partial charge in [-0.25, -0.2) is 0 Å². The van der Waals surface area contributed by atoms with Crippen LogP contribution in [0.15, 0.2) is 37.0 Å². The first-order valence-corrected chi connectivity index (χ1v) is 5.75. The molecule has 0 aliphatic rings. The molecule has 5 heteroatoms. The topological polar surface area (TPSA) is 56.2 Å². The van der Waals surface area contributed by atoms with Gasteiger partial charge in [-0.05, 0) is 24.3 Å². The van der Waals surface area contributed by atoms with Crippen LogP contribution in [0.4, 0.5) is 5.69 Å². The highest BCUT2D eigenvalue weighted by Gasteiger charge is 2.15. The van der Waals surface area contributed by atoms with Gasteiger partial charge in [-0.1, -0.05) is 12.7 Å². The fourth-order valence-electron chi connectivity index (χ4n) is 1.75. The second-order valence-corrected chi connectivity index (χ2v) is 3.96. The first kappa shape index (κ1) is 12.9. The molecule has 0 saturated heterocycles. The fourth-order valence-corrected chi connectivity index (χ4v) is 1.75. The Kier molecular flexibility index (Phi) is 3.66. The Morgan fingerprint density at radius 1 is 1.42 bits per heavy atom. The van der Waals surface area contributed by atoms with Crippen LogP contribution in [0.1, 0.15) is 16.1 Å². The number of aryl methyl sites for hydroxylation is 1. The number of nitrogens with one attached hydrogen (secondary N) is 1. The number of benzene rings is 1.